The second-order valence-electron chi connectivity index (χ2n) is 8.36. The highest BCUT2D eigenvalue weighted by Crippen LogP contribution is 2.32. The molecule has 0 saturated heterocycles. The van der Waals surface area contributed by atoms with Gasteiger partial charge < -0.3 is 19.5 Å². The lowest BCUT2D eigenvalue weighted by Crippen LogP contribution is -2.11. The Bertz CT molecular complexity index is 1680. The predicted octanol–water partition coefficient (Wildman–Crippen LogP) is 4.48. The van der Waals surface area contributed by atoms with Crippen LogP contribution in [0.3, 0.4) is 0 Å². The Hall–Kier alpha value is -5.47. The van der Waals surface area contributed by atoms with E-state index in [1.807, 2.05) is 0 Å². The second-order valence-corrected chi connectivity index (χ2v) is 8.36. The zero-order valence-electron chi connectivity index (χ0n) is 21.7. The molecule has 0 atom stereocenters. The number of alkyl halides is 3. The Morgan fingerprint density at radius 3 is 2.32 bits per heavy atom. The maximum atomic E-state index is 13.4. The first-order chi connectivity index (χ1) is 19.7. The number of benzene rings is 1. The number of hydrogen-bond donors (Lipinski definition) is 1. The number of ether oxygens (including phenoxy) is 3. The van der Waals surface area contributed by atoms with Crippen LogP contribution in [0.15, 0.2) is 67.6 Å². The minimum Gasteiger partial charge on any atom is -0.497 e. The van der Waals surface area contributed by atoms with Crippen LogP contribution in [0.25, 0.3) is 22.8 Å². The summed E-state index contributed by atoms with van der Waals surface area (Å²) in [5.41, 5.74) is 0.0260. The van der Waals surface area contributed by atoms with Crippen LogP contribution in [0.2, 0.25) is 0 Å². The molecule has 0 fully saturated rings. The van der Waals surface area contributed by atoms with Crippen LogP contribution in [0.4, 0.5) is 24.8 Å². The summed E-state index contributed by atoms with van der Waals surface area (Å²) in [6.45, 7) is 0. The average Bonchev–Trinajstić information content (AvgIpc) is 3.69. The number of hydrogen-bond acceptors (Lipinski definition) is 10. The minimum absolute atomic E-state index is 0.0131. The van der Waals surface area contributed by atoms with E-state index in [4.69, 9.17) is 14.2 Å². The molecule has 0 bridgehead atoms. The van der Waals surface area contributed by atoms with Crippen molar-refractivity contribution in [1.29, 1.82) is 0 Å². The molecule has 0 aliphatic carbocycles. The average molecular weight is 567 g/mol. The molecule has 12 nitrogen and oxygen atoms in total. The lowest BCUT2D eigenvalue weighted by molar-refractivity contribution is -0.141. The van der Waals surface area contributed by atoms with Crippen LogP contribution in [-0.2, 0) is 10.9 Å². The molecule has 5 rings (SSSR count). The third-order valence-electron chi connectivity index (χ3n) is 5.80. The van der Waals surface area contributed by atoms with E-state index >= 15 is 0 Å². The number of pyridine rings is 1. The first-order valence-corrected chi connectivity index (χ1v) is 11.8. The molecule has 15 heteroatoms. The fourth-order valence-electron chi connectivity index (χ4n) is 3.87. The molecule has 0 aliphatic heterocycles. The molecule has 0 saturated carbocycles. The van der Waals surface area contributed by atoms with Crippen LogP contribution in [0, 0.1) is 0 Å². The van der Waals surface area contributed by atoms with E-state index in [0.717, 1.165) is 16.9 Å². The van der Waals surface area contributed by atoms with Crippen molar-refractivity contribution in [2.75, 3.05) is 26.6 Å². The Kier molecular flexibility index (Phi) is 7.24. The number of carbonyl (C=O) groups is 1. The molecule has 4 aromatic heterocycles. The van der Waals surface area contributed by atoms with Gasteiger partial charge in [0, 0.05) is 66.0 Å². The van der Waals surface area contributed by atoms with Gasteiger partial charge in [-0.15, -0.1) is 0 Å². The summed E-state index contributed by atoms with van der Waals surface area (Å²) in [6.07, 6.45) is 3.83. The summed E-state index contributed by atoms with van der Waals surface area (Å²) in [7, 11) is 4.21. The molecule has 41 heavy (non-hydrogen) atoms. The van der Waals surface area contributed by atoms with Gasteiger partial charge in [-0.05, 0) is 12.1 Å². The van der Waals surface area contributed by atoms with E-state index in [9.17, 15) is 18.0 Å². The zero-order chi connectivity index (χ0) is 29.1. The standard InChI is InChI=1S/C26H21F3N8O4/c1-39-17-9-16(10-18(11-17)40-2)33-25-32-13-20(23(34-25)37-6-4-21(35-37)26(27,28)29)15-8-19(24(38)41-3)22(31-12-15)36-7-5-30-14-36/h4-14H,1-3H3,(H,32,33,34). The summed E-state index contributed by atoms with van der Waals surface area (Å²) in [5.74, 6) is 0.564. The maximum Gasteiger partial charge on any atom is 0.435 e. The summed E-state index contributed by atoms with van der Waals surface area (Å²) in [6, 6.07) is 7.30. The van der Waals surface area contributed by atoms with Crippen molar-refractivity contribution in [1.82, 2.24) is 34.3 Å². The summed E-state index contributed by atoms with van der Waals surface area (Å²) >= 11 is 0. The van der Waals surface area contributed by atoms with Crippen LogP contribution in [0.5, 0.6) is 11.5 Å². The fourth-order valence-corrected chi connectivity index (χ4v) is 3.87. The van der Waals surface area contributed by atoms with Crippen LogP contribution < -0.4 is 14.8 Å². The summed E-state index contributed by atoms with van der Waals surface area (Å²) in [5, 5.41) is 6.68. The number of imidazole rings is 1. The van der Waals surface area contributed by atoms with Crippen molar-refractivity contribution in [3.63, 3.8) is 0 Å². The summed E-state index contributed by atoms with van der Waals surface area (Å²) < 4.78 is 58.2. The number of nitrogens with zero attached hydrogens (tertiary/aromatic N) is 7. The van der Waals surface area contributed by atoms with Gasteiger partial charge in [-0.2, -0.15) is 23.3 Å². The largest absolute Gasteiger partial charge is 0.497 e. The molecule has 0 amide bonds. The SMILES string of the molecule is COC(=O)c1cc(-c2cnc(Nc3cc(OC)cc(OC)c3)nc2-n2ccc(C(F)(F)F)n2)cnc1-n1ccnc1. The lowest BCUT2D eigenvalue weighted by Gasteiger charge is -2.14. The fraction of sp³-hybridized carbons (Fsp3) is 0.154. The second kappa shape index (κ2) is 11.0. The molecular formula is C26H21F3N8O4. The van der Waals surface area contributed by atoms with Gasteiger partial charge in [0.05, 0.1) is 21.3 Å². The number of methoxy groups -OCH3 is 3. The van der Waals surface area contributed by atoms with E-state index in [1.165, 1.54) is 56.9 Å². The highest BCUT2D eigenvalue weighted by molar-refractivity contribution is 5.94. The summed E-state index contributed by atoms with van der Waals surface area (Å²) in [4.78, 5) is 29.8. The van der Waals surface area contributed by atoms with Crippen molar-refractivity contribution in [2.45, 2.75) is 6.18 Å². The van der Waals surface area contributed by atoms with Gasteiger partial charge in [-0.25, -0.2) is 24.4 Å². The molecule has 5 aromatic rings. The van der Waals surface area contributed by atoms with Crippen molar-refractivity contribution in [3.8, 4) is 34.3 Å². The maximum absolute atomic E-state index is 13.4. The van der Waals surface area contributed by atoms with Gasteiger partial charge in [0.2, 0.25) is 5.95 Å². The third kappa shape index (κ3) is 5.63. The van der Waals surface area contributed by atoms with Gasteiger partial charge >= 0.3 is 12.1 Å². The Labute approximate surface area is 230 Å². The van der Waals surface area contributed by atoms with E-state index in [1.54, 1.807) is 24.4 Å². The Morgan fingerprint density at radius 2 is 1.71 bits per heavy atom. The highest BCUT2D eigenvalue weighted by Gasteiger charge is 2.34. The van der Waals surface area contributed by atoms with Gasteiger partial charge in [-0.3, -0.25) is 4.57 Å². The lowest BCUT2D eigenvalue weighted by atomic mass is 10.1. The predicted molar refractivity (Wildman–Crippen MR) is 139 cm³/mol. The van der Waals surface area contributed by atoms with Gasteiger partial charge in [0.15, 0.2) is 17.3 Å². The number of esters is 1. The van der Waals surface area contributed by atoms with E-state index in [-0.39, 0.29) is 28.7 Å². The molecule has 0 unspecified atom stereocenters. The van der Waals surface area contributed by atoms with Crippen molar-refractivity contribution in [3.05, 3.63) is 78.9 Å². The van der Waals surface area contributed by atoms with E-state index in [0.29, 0.717) is 22.7 Å². The highest BCUT2D eigenvalue weighted by atomic mass is 19.4. The first-order valence-electron chi connectivity index (χ1n) is 11.8. The first kappa shape index (κ1) is 27.1. The molecule has 0 radical (unpaired) electrons. The molecule has 0 aliphatic rings. The molecule has 210 valence electrons. The van der Waals surface area contributed by atoms with Gasteiger partial charge in [-0.1, -0.05) is 0 Å². The Morgan fingerprint density at radius 1 is 0.951 bits per heavy atom. The molecular weight excluding hydrogens is 545 g/mol. The quantitative estimate of drug-likeness (QED) is 0.268. The zero-order valence-corrected chi connectivity index (χ0v) is 21.7. The van der Waals surface area contributed by atoms with Crippen LogP contribution in [-0.4, -0.2) is 61.6 Å². The number of nitrogens with one attached hydrogen (secondary N) is 1. The number of anilines is 2. The monoisotopic (exact) mass is 566 g/mol. The molecule has 1 aromatic carbocycles. The minimum atomic E-state index is -4.68. The number of halogens is 3. The van der Waals surface area contributed by atoms with Crippen LogP contribution >= 0.6 is 0 Å². The van der Waals surface area contributed by atoms with Crippen molar-refractivity contribution < 1.29 is 32.2 Å². The third-order valence-corrected chi connectivity index (χ3v) is 5.80. The van der Waals surface area contributed by atoms with E-state index in [2.05, 4.69) is 30.4 Å². The number of carbonyl (C=O) groups excluding carboxylic acids is 1. The van der Waals surface area contributed by atoms with E-state index < -0.39 is 17.8 Å². The van der Waals surface area contributed by atoms with Gasteiger partial charge in [0.25, 0.3) is 0 Å². The van der Waals surface area contributed by atoms with Gasteiger partial charge in [0.1, 0.15) is 23.4 Å². The molecule has 1 N–H and O–H groups in total. The topological polar surface area (TPSA) is 131 Å². The van der Waals surface area contributed by atoms with Crippen molar-refractivity contribution in [2.24, 2.45) is 0 Å². The number of rotatable bonds is 8. The number of aromatic nitrogens is 7. The van der Waals surface area contributed by atoms with Crippen LogP contribution in [0.1, 0.15) is 16.1 Å². The molecule has 4 heterocycles. The normalized spacial score (nSPS) is 11.3. The molecule has 0 spiro atoms. The Balaban J connectivity index is 1.64. The smallest absolute Gasteiger partial charge is 0.435 e. The van der Waals surface area contributed by atoms with Crippen molar-refractivity contribution >= 4 is 17.6 Å².